The van der Waals surface area contributed by atoms with E-state index in [-0.39, 0.29) is 28.6 Å². The molecule has 1 amide bonds. The third-order valence-corrected chi connectivity index (χ3v) is 9.07. The molecule has 9 nitrogen and oxygen atoms in total. The van der Waals surface area contributed by atoms with Crippen molar-refractivity contribution >= 4 is 33.2 Å². The summed E-state index contributed by atoms with van der Waals surface area (Å²) in [6, 6.07) is 16.8. The van der Waals surface area contributed by atoms with E-state index in [1.807, 2.05) is 18.2 Å². The molecule has 1 N–H and O–H groups in total. The van der Waals surface area contributed by atoms with Gasteiger partial charge in [0.25, 0.3) is 10.0 Å². The van der Waals surface area contributed by atoms with Crippen LogP contribution in [0.4, 0.5) is 5.69 Å². The van der Waals surface area contributed by atoms with Gasteiger partial charge in [0, 0.05) is 24.2 Å². The maximum atomic E-state index is 14.0. The highest BCUT2D eigenvalue weighted by molar-refractivity contribution is 7.92. The summed E-state index contributed by atoms with van der Waals surface area (Å²) in [5, 5.41) is 3.20. The molecule has 4 rings (SSSR count). The van der Waals surface area contributed by atoms with Gasteiger partial charge in [-0.05, 0) is 67.4 Å². The van der Waals surface area contributed by atoms with Crippen molar-refractivity contribution in [1.29, 1.82) is 0 Å². The predicted octanol–water partition coefficient (Wildman–Crippen LogP) is 4.86. The van der Waals surface area contributed by atoms with Crippen molar-refractivity contribution in [2.24, 2.45) is 0 Å². The van der Waals surface area contributed by atoms with Crippen LogP contribution in [0.5, 0.6) is 17.2 Å². The van der Waals surface area contributed by atoms with Crippen LogP contribution in [0.25, 0.3) is 0 Å². The molecule has 1 saturated heterocycles. The molecule has 3 aromatic carbocycles. The quantitative estimate of drug-likeness (QED) is 0.316. The van der Waals surface area contributed by atoms with Crippen LogP contribution < -0.4 is 23.8 Å². The number of hydrogen-bond acceptors (Lipinski definition) is 7. The number of benzene rings is 3. The Hall–Kier alpha value is -3.47. The number of likely N-dealkylation sites (tertiary alicyclic amines) is 1. The summed E-state index contributed by atoms with van der Waals surface area (Å²) in [4.78, 5) is 15.7. The van der Waals surface area contributed by atoms with Crippen LogP contribution in [0.1, 0.15) is 30.4 Å². The molecule has 0 unspecified atom stereocenters. The minimum absolute atomic E-state index is 0.0862. The van der Waals surface area contributed by atoms with Gasteiger partial charge in [-0.3, -0.25) is 14.0 Å². The van der Waals surface area contributed by atoms with Gasteiger partial charge in [-0.2, -0.15) is 0 Å². The Balaban J connectivity index is 1.60. The molecule has 220 valence electrons. The highest BCUT2D eigenvalue weighted by Crippen LogP contribution is 2.37. The highest BCUT2D eigenvalue weighted by Gasteiger charge is 2.31. The van der Waals surface area contributed by atoms with Crippen molar-refractivity contribution in [2.45, 2.75) is 37.2 Å². The number of halogens is 1. The molecular formula is C30H36ClN3O6S. The number of nitrogens with zero attached hydrogens (tertiary/aromatic N) is 2. The Labute approximate surface area is 247 Å². The summed E-state index contributed by atoms with van der Waals surface area (Å²) < 4.78 is 45.0. The first-order valence-electron chi connectivity index (χ1n) is 13.4. The average molecular weight is 602 g/mol. The van der Waals surface area contributed by atoms with Gasteiger partial charge >= 0.3 is 0 Å². The molecule has 0 bridgehead atoms. The van der Waals surface area contributed by atoms with Gasteiger partial charge in [0.2, 0.25) is 5.91 Å². The molecule has 1 heterocycles. The number of amides is 1. The SMILES string of the molecule is COc1ccc(S(=O)(=O)N(CC(=O)NCc2ccccc2CN2CCCCC2)c2cc(Cl)ccc2OC)cc1OC. The van der Waals surface area contributed by atoms with Crippen LogP contribution in [0.2, 0.25) is 5.02 Å². The Bertz CT molecular complexity index is 1460. The van der Waals surface area contributed by atoms with Crippen LogP contribution in [0.3, 0.4) is 0 Å². The van der Waals surface area contributed by atoms with E-state index < -0.39 is 22.5 Å². The summed E-state index contributed by atoms with van der Waals surface area (Å²) in [5.74, 6) is 0.377. The van der Waals surface area contributed by atoms with Crippen molar-refractivity contribution in [3.8, 4) is 17.2 Å². The monoisotopic (exact) mass is 601 g/mol. The second-order valence-electron chi connectivity index (χ2n) is 9.73. The molecule has 0 spiro atoms. The van der Waals surface area contributed by atoms with E-state index in [1.165, 1.54) is 64.9 Å². The Morgan fingerprint density at radius 1 is 0.878 bits per heavy atom. The number of hydrogen-bond donors (Lipinski definition) is 1. The fraction of sp³-hybridized carbons (Fsp3) is 0.367. The van der Waals surface area contributed by atoms with Crippen LogP contribution in [-0.4, -0.2) is 60.2 Å². The minimum atomic E-state index is -4.27. The Morgan fingerprint density at radius 3 is 2.22 bits per heavy atom. The number of anilines is 1. The number of nitrogens with one attached hydrogen (secondary N) is 1. The lowest BCUT2D eigenvalue weighted by Crippen LogP contribution is -2.41. The van der Waals surface area contributed by atoms with E-state index in [2.05, 4.69) is 16.3 Å². The molecular weight excluding hydrogens is 566 g/mol. The van der Waals surface area contributed by atoms with Crippen molar-refractivity contribution in [1.82, 2.24) is 10.2 Å². The van der Waals surface area contributed by atoms with E-state index in [0.29, 0.717) is 10.8 Å². The van der Waals surface area contributed by atoms with Crippen molar-refractivity contribution < 1.29 is 27.4 Å². The normalized spacial score (nSPS) is 13.9. The van der Waals surface area contributed by atoms with Gasteiger partial charge in [-0.1, -0.05) is 42.3 Å². The smallest absolute Gasteiger partial charge is 0.265 e. The average Bonchev–Trinajstić information content (AvgIpc) is 2.99. The summed E-state index contributed by atoms with van der Waals surface area (Å²) >= 11 is 6.26. The Morgan fingerprint density at radius 2 is 1.54 bits per heavy atom. The Kier molecular flexibility index (Phi) is 10.4. The molecule has 0 atom stereocenters. The van der Waals surface area contributed by atoms with Crippen molar-refractivity contribution in [2.75, 3.05) is 45.3 Å². The first-order chi connectivity index (χ1) is 19.8. The first kappa shape index (κ1) is 30.5. The number of rotatable bonds is 12. The molecule has 1 aliphatic heterocycles. The lowest BCUT2D eigenvalue weighted by Gasteiger charge is -2.27. The zero-order chi connectivity index (χ0) is 29.4. The molecule has 0 saturated carbocycles. The molecule has 1 fully saturated rings. The van der Waals surface area contributed by atoms with Crippen molar-refractivity contribution in [3.05, 3.63) is 76.8 Å². The van der Waals surface area contributed by atoms with Gasteiger partial charge in [0.1, 0.15) is 12.3 Å². The van der Waals surface area contributed by atoms with Crippen LogP contribution in [0.15, 0.2) is 65.6 Å². The van der Waals surface area contributed by atoms with E-state index in [1.54, 1.807) is 12.1 Å². The van der Waals surface area contributed by atoms with Crippen LogP contribution >= 0.6 is 11.6 Å². The fourth-order valence-electron chi connectivity index (χ4n) is 4.88. The van der Waals surface area contributed by atoms with Crippen LogP contribution in [-0.2, 0) is 27.9 Å². The summed E-state index contributed by atoms with van der Waals surface area (Å²) in [6.07, 6.45) is 3.64. The summed E-state index contributed by atoms with van der Waals surface area (Å²) in [6.45, 7) is 2.70. The number of methoxy groups -OCH3 is 3. The first-order valence-corrected chi connectivity index (χ1v) is 15.2. The third-order valence-electron chi connectivity index (χ3n) is 7.08. The van der Waals surface area contributed by atoms with E-state index in [9.17, 15) is 13.2 Å². The van der Waals surface area contributed by atoms with Gasteiger partial charge < -0.3 is 19.5 Å². The van der Waals surface area contributed by atoms with Crippen molar-refractivity contribution in [3.63, 3.8) is 0 Å². The van der Waals surface area contributed by atoms with E-state index in [0.717, 1.165) is 35.1 Å². The van der Waals surface area contributed by atoms with E-state index in [4.69, 9.17) is 25.8 Å². The second kappa shape index (κ2) is 13.9. The number of piperidine rings is 1. The standard InChI is InChI=1S/C30H36ClN3O6S/c1-38-27-13-11-24(31)17-26(27)34(41(36,37)25-12-14-28(39-2)29(18-25)40-3)21-30(35)32-19-22-9-5-6-10-23(22)20-33-15-7-4-8-16-33/h5-6,9-14,17-18H,4,7-8,15-16,19-21H2,1-3H3,(H,32,35). The number of carbonyl (C=O) groups excluding carboxylic acids is 1. The summed E-state index contributed by atoms with van der Waals surface area (Å²) in [5.41, 5.74) is 2.26. The molecule has 0 aromatic heterocycles. The molecule has 41 heavy (non-hydrogen) atoms. The maximum absolute atomic E-state index is 14.0. The second-order valence-corrected chi connectivity index (χ2v) is 12.0. The van der Waals surface area contributed by atoms with Gasteiger partial charge in [-0.25, -0.2) is 8.42 Å². The number of sulfonamides is 1. The van der Waals surface area contributed by atoms with Gasteiger partial charge in [0.05, 0.1) is 31.9 Å². The third kappa shape index (κ3) is 7.44. The molecule has 1 aliphatic rings. The zero-order valence-corrected chi connectivity index (χ0v) is 25.1. The highest BCUT2D eigenvalue weighted by atomic mass is 35.5. The molecule has 3 aromatic rings. The van der Waals surface area contributed by atoms with E-state index >= 15 is 0 Å². The lowest BCUT2D eigenvalue weighted by atomic mass is 10.0. The predicted molar refractivity (Wildman–Crippen MR) is 159 cm³/mol. The fourth-order valence-corrected chi connectivity index (χ4v) is 6.49. The molecule has 0 radical (unpaired) electrons. The van der Waals surface area contributed by atoms with Crippen LogP contribution in [0, 0.1) is 0 Å². The lowest BCUT2D eigenvalue weighted by molar-refractivity contribution is -0.119. The largest absolute Gasteiger partial charge is 0.495 e. The molecule has 11 heteroatoms. The zero-order valence-electron chi connectivity index (χ0n) is 23.6. The number of ether oxygens (including phenoxy) is 3. The maximum Gasteiger partial charge on any atom is 0.265 e. The topological polar surface area (TPSA) is 97.4 Å². The number of carbonyl (C=O) groups is 1. The molecule has 0 aliphatic carbocycles. The van der Waals surface area contributed by atoms with Gasteiger partial charge in [-0.15, -0.1) is 0 Å². The summed E-state index contributed by atoms with van der Waals surface area (Å²) in [7, 11) is 0.0308. The minimum Gasteiger partial charge on any atom is -0.495 e. The van der Waals surface area contributed by atoms with Gasteiger partial charge in [0.15, 0.2) is 11.5 Å².